The van der Waals surface area contributed by atoms with Gasteiger partial charge in [0, 0.05) is 24.7 Å². The summed E-state index contributed by atoms with van der Waals surface area (Å²) in [5, 5.41) is 3.60. The molecule has 1 fully saturated rings. The van der Waals surface area contributed by atoms with Gasteiger partial charge < -0.3 is 10.1 Å². The minimum absolute atomic E-state index is 0.224. The van der Waals surface area contributed by atoms with Crippen LogP contribution in [0.4, 0.5) is 0 Å². The van der Waals surface area contributed by atoms with E-state index < -0.39 is 0 Å². The van der Waals surface area contributed by atoms with Gasteiger partial charge in [-0.1, -0.05) is 25.1 Å². The zero-order valence-corrected chi connectivity index (χ0v) is 13.1. The number of nitrogens with one attached hydrogen (secondary N) is 1. The molecule has 0 radical (unpaired) electrons. The Hall–Kier alpha value is -1.06. The molecule has 0 amide bonds. The summed E-state index contributed by atoms with van der Waals surface area (Å²) in [5.41, 5.74) is 1.25. The molecule has 0 bridgehead atoms. The van der Waals surface area contributed by atoms with Crippen LogP contribution in [0.5, 0.6) is 5.75 Å². The number of likely N-dealkylation sites (tertiary alicyclic amines) is 1. The lowest BCUT2D eigenvalue weighted by atomic mass is 10.1. The molecule has 1 aromatic carbocycles. The first-order chi connectivity index (χ1) is 9.70. The largest absolute Gasteiger partial charge is 0.491 e. The molecule has 0 aromatic heterocycles. The second-order valence-electron chi connectivity index (χ2n) is 5.83. The standard InChI is InChI=1S/C17H28N2O/c1-4-19-11-7-9-16(19)13-18-12-15-8-5-6-10-17(15)20-14(2)3/h5-6,8,10,14,16,18H,4,7,9,11-13H2,1-3H3/t16-/m1/s1. The molecule has 0 unspecified atom stereocenters. The summed E-state index contributed by atoms with van der Waals surface area (Å²) in [5.74, 6) is 1.01. The number of likely N-dealkylation sites (N-methyl/N-ethyl adjacent to an activating group) is 1. The quantitative estimate of drug-likeness (QED) is 0.828. The van der Waals surface area contributed by atoms with Gasteiger partial charge >= 0.3 is 0 Å². The van der Waals surface area contributed by atoms with Crippen LogP contribution in [0.15, 0.2) is 24.3 Å². The summed E-state index contributed by atoms with van der Waals surface area (Å²) in [6, 6.07) is 9.04. The lowest BCUT2D eigenvalue weighted by Crippen LogP contribution is -2.37. The van der Waals surface area contributed by atoms with Crippen LogP contribution in [0, 0.1) is 0 Å². The molecule has 1 aliphatic heterocycles. The van der Waals surface area contributed by atoms with Crippen LogP contribution in [0.25, 0.3) is 0 Å². The van der Waals surface area contributed by atoms with Crippen LogP contribution in [0.2, 0.25) is 0 Å². The van der Waals surface area contributed by atoms with Crippen LogP contribution in [0.1, 0.15) is 39.2 Å². The third-order valence-corrected chi connectivity index (χ3v) is 3.94. The fourth-order valence-electron chi connectivity index (χ4n) is 2.93. The van der Waals surface area contributed by atoms with E-state index in [0.29, 0.717) is 6.04 Å². The molecular weight excluding hydrogens is 248 g/mol. The molecular formula is C17H28N2O. The Bertz CT molecular complexity index is 406. The average Bonchev–Trinajstić information content (AvgIpc) is 2.87. The fraction of sp³-hybridized carbons (Fsp3) is 0.647. The Morgan fingerprint density at radius 3 is 2.90 bits per heavy atom. The molecule has 2 rings (SSSR count). The molecule has 0 saturated carbocycles. The number of hydrogen-bond acceptors (Lipinski definition) is 3. The summed E-state index contributed by atoms with van der Waals surface area (Å²) < 4.78 is 5.86. The fourth-order valence-corrected chi connectivity index (χ4v) is 2.93. The van der Waals surface area contributed by atoms with E-state index in [1.54, 1.807) is 0 Å². The van der Waals surface area contributed by atoms with Gasteiger partial charge in [-0.25, -0.2) is 0 Å². The van der Waals surface area contributed by atoms with Crippen molar-refractivity contribution >= 4 is 0 Å². The molecule has 1 aromatic rings. The number of para-hydroxylation sites is 1. The van der Waals surface area contributed by atoms with Gasteiger partial charge in [0.1, 0.15) is 5.75 Å². The SMILES string of the molecule is CCN1CCC[C@@H]1CNCc1ccccc1OC(C)C. The van der Waals surface area contributed by atoms with Crippen molar-refractivity contribution in [2.24, 2.45) is 0 Å². The van der Waals surface area contributed by atoms with E-state index in [2.05, 4.69) is 49.2 Å². The highest BCUT2D eigenvalue weighted by molar-refractivity contribution is 5.33. The lowest BCUT2D eigenvalue weighted by molar-refractivity contribution is 0.238. The van der Waals surface area contributed by atoms with Gasteiger partial charge in [-0.3, -0.25) is 4.90 Å². The van der Waals surface area contributed by atoms with E-state index in [1.807, 2.05) is 6.07 Å². The van der Waals surface area contributed by atoms with Crippen molar-refractivity contribution in [2.45, 2.75) is 52.3 Å². The molecule has 1 N–H and O–H groups in total. The smallest absolute Gasteiger partial charge is 0.124 e. The predicted molar refractivity (Wildman–Crippen MR) is 84.2 cm³/mol. The average molecular weight is 276 g/mol. The second-order valence-corrected chi connectivity index (χ2v) is 5.83. The van der Waals surface area contributed by atoms with Crippen LogP contribution in [-0.2, 0) is 6.54 Å². The maximum absolute atomic E-state index is 5.86. The van der Waals surface area contributed by atoms with Gasteiger partial charge in [0.15, 0.2) is 0 Å². The van der Waals surface area contributed by atoms with Gasteiger partial charge in [0.05, 0.1) is 6.10 Å². The van der Waals surface area contributed by atoms with Crippen LogP contribution in [0.3, 0.4) is 0 Å². The monoisotopic (exact) mass is 276 g/mol. The highest BCUT2D eigenvalue weighted by Gasteiger charge is 2.22. The number of benzene rings is 1. The Balaban J connectivity index is 1.84. The van der Waals surface area contributed by atoms with Crippen molar-refractivity contribution < 1.29 is 4.74 Å². The molecule has 0 spiro atoms. The first kappa shape index (κ1) is 15.3. The van der Waals surface area contributed by atoms with E-state index >= 15 is 0 Å². The molecule has 3 heteroatoms. The molecule has 1 atom stereocenters. The van der Waals surface area contributed by atoms with Crippen molar-refractivity contribution in [2.75, 3.05) is 19.6 Å². The number of rotatable bonds is 7. The van der Waals surface area contributed by atoms with Crippen molar-refractivity contribution in [1.29, 1.82) is 0 Å². The Labute approximate surface area is 123 Å². The molecule has 112 valence electrons. The first-order valence-electron chi connectivity index (χ1n) is 7.90. The third kappa shape index (κ3) is 4.22. The zero-order chi connectivity index (χ0) is 14.4. The topological polar surface area (TPSA) is 24.5 Å². The van der Waals surface area contributed by atoms with Crippen LogP contribution >= 0.6 is 0 Å². The molecule has 20 heavy (non-hydrogen) atoms. The molecule has 1 saturated heterocycles. The molecule has 1 aliphatic rings. The maximum Gasteiger partial charge on any atom is 0.124 e. The second kappa shape index (κ2) is 7.65. The van der Waals surface area contributed by atoms with E-state index in [4.69, 9.17) is 4.74 Å². The molecule has 1 heterocycles. The van der Waals surface area contributed by atoms with Crippen molar-refractivity contribution in [3.63, 3.8) is 0 Å². The van der Waals surface area contributed by atoms with E-state index in [0.717, 1.165) is 18.8 Å². The van der Waals surface area contributed by atoms with Gasteiger partial charge in [-0.15, -0.1) is 0 Å². The van der Waals surface area contributed by atoms with Crippen LogP contribution in [-0.4, -0.2) is 36.7 Å². The summed E-state index contributed by atoms with van der Waals surface area (Å²) in [4.78, 5) is 2.57. The minimum atomic E-state index is 0.224. The summed E-state index contributed by atoms with van der Waals surface area (Å²) >= 11 is 0. The van der Waals surface area contributed by atoms with Crippen molar-refractivity contribution in [3.05, 3.63) is 29.8 Å². The Morgan fingerprint density at radius 2 is 2.15 bits per heavy atom. The maximum atomic E-state index is 5.86. The number of ether oxygens (including phenoxy) is 1. The minimum Gasteiger partial charge on any atom is -0.491 e. The van der Waals surface area contributed by atoms with E-state index in [-0.39, 0.29) is 6.10 Å². The van der Waals surface area contributed by atoms with E-state index in [9.17, 15) is 0 Å². The summed E-state index contributed by atoms with van der Waals surface area (Å²) in [6.45, 7) is 10.8. The lowest BCUT2D eigenvalue weighted by Gasteiger charge is -2.23. The summed E-state index contributed by atoms with van der Waals surface area (Å²) in [7, 11) is 0. The molecule has 3 nitrogen and oxygen atoms in total. The van der Waals surface area contributed by atoms with Crippen LogP contribution < -0.4 is 10.1 Å². The van der Waals surface area contributed by atoms with Gasteiger partial charge in [-0.05, 0) is 45.8 Å². The number of nitrogens with zero attached hydrogens (tertiary/aromatic N) is 1. The van der Waals surface area contributed by atoms with Crippen molar-refractivity contribution in [1.82, 2.24) is 10.2 Å². The predicted octanol–water partition coefficient (Wildman–Crippen LogP) is 3.05. The highest BCUT2D eigenvalue weighted by atomic mass is 16.5. The third-order valence-electron chi connectivity index (χ3n) is 3.94. The normalized spacial score (nSPS) is 19.7. The zero-order valence-electron chi connectivity index (χ0n) is 13.1. The molecule has 0 aliphatic carbocycles. The Kier molecular flexibility index (Phi) is 5.86. The highest BCUT2D eigenvalue weighted by Crippen LogP contribution is 2.20. The summed E-state index contributed by atoms with van der Waals surface area (Å²) in [6.07, 6.45) is 2.89. The van der Waals surface area contributed by atoms with Gasteiger partial charge in [0.25, 0.3) is 0 Å². The van der Waals surface area contributed by atoms with E-state index in [1.165, 1.54) is 31.5 Å². The number of hydrogen-bond donors (Lipinski definition) is 1. The van der Waals surface area contributed by atoms with Crippen molar-refractivity contribution in [3.8, 4) is 5.75 Å². The Morgan fingerprint density at radius 1 is 1.35 bits per heavy atom. The van der Waals surface area contributed by atoms with Gasteiger partial charge in [0.2, 0.25) is 0 Å². The first-order valence-corrected chi connectivity index (χ1v) is 7.90. The van der Waals surface area contributed by atoms with Gasteiger partial charge in [-0.2, -0.15) is 0 Å².